The van der Waals surface area contributed by atoms with E-state index in [9.17, 15) is 19.5 Å². The van der Waals surface area contributed by atoms with Crippen LogP contribution < -0.4 is 9.61 Å². The van der Waals surface area contributed by atoms with Crippen molar-refractivity contribution in [3.05, 3.63) is 79.2 Å². The van der Waals surface area contributed by atoms with E-state index in [1.165, 1.54) is 0 Å². The maximum absolute atomic E-state index is 13.5. The minimum atomic E-state index is -1.11. The number of carboxylic acid groups (broad SMARTS) is 1. The van der Waals surface area contributed by atoms with Gasteiger partial charge >= 0.3 is 10.8 Å². The van der Waals surface area contributed by atoms with Crippen LogP contribution >= 0.6 is 34.7 Å². The summed E-state index contributed by atoms with van der Waals surface area (Å²) in [6, 6.07) is 13.5. The summed E-state index contributed by atoms with van der Waals surface area (Å²) in [6.45, 7) is 0. The molecule has 0 radical (unpaired) electrons. The lowest BCUT2D eigenvalue weighted by Gasteiger charge is -2.34. The molecule has 0 aliphatic carbocycles. The zero-order chi connectivity index (χ0) is 21.4. The number of methoxy groups -OCH3 is 1. The number of hydrogen-bond acceptors (Lipinski definition) is 6. The topological polar surface area (TPSA) is 96.5 Å². The van der Waals surface area contributed by atoms with E-state index in [0.717, 1.165) is 28.7 Å². The lowest BCUT2D eigenvalue weighted by Crippen LogP contribution is -2.39. The highest BCUT2D eigenvalue weighted by atomic mass is 35.5. The largest absolute Gasteiger partial charge is 0.497 e. The second-order valence-electron chi connectivity index (χ2n) is 6.73. The number of aliphatic carboxylic acids is 1. The van der Waals surface area contributed by atoms with Gasteiger partial charge in [0.25, 0.3) is 0 Å². The molecule has 0 saturated heterocycles. The van der Waals surface area contributed by atoms with Crippen molar-refractivity contribution >= 4 is 46.5 Å². The summed E-state index contributed by atoms with van der Waals surface area (Å²) in [6.07, 6.45) is 0. The molecule has 154 valence electrons. The first kappa shape index (κ1) is 20.7. The summed E-state index contributed by atoms with van der Waals surface area (Å²) < 4.78 is 5.21. The van der Waals surface area contributed by atoms with Gasteiger partial charge in [0, 0.05) is 21.4 Å². The third-order valence-electron chi connectivity index (χ3n) is 5.00. The number of benzene rings is 2. The predicted octanol–water partition coefficient (Wildman–Crippen LogP) is 4.29. The van der Waals surface area contributed by atoms with Crippen molar-refractivity contribution in [1.29, 1.82) is 0 Å². The molecule has 0 amide bonds. The Hall–Kier alpha value is -2.55. The fourth-order valence-electron chi connectivity index (χ4n) is 3.63. The van der Waals surface area contributed by atoms with Gasteiger partial charge in [-0.3, -0.25) is 14.4 Å². The molecule has 1 aliphatic heterocycles. The Morgan fingerprint density at radius 2 is 1.77 bits per heavy atom. The lowest BCUT2D eigenvalue weighted by molar-refractivity contribution is -0.137. The van der Waals surface area contributed by atoms with Crippen LogP contribution in [0.1, 0.15) is 26.7 Å². The molecule has 1 aromatic heterocycles. The molecular formula is C21H16ClNO5S2. The highest BCUT2D eigenvalue weighted by Gasteiger charge is 2.47. The Morgan fingerprint density at radius 1 is 1.10 bits per heavy atom. The number of ether oxygens (including phenoxy) is 1. The smallest absolute Gasteiger partial charge is 0.317 e. The number of aromatic amines is 1. The summed E-state index contributed by atoms with van der Waals surface area (Å²) in [7, 11) is 1.55. The number of fused-ring (bicyclic) bond motifs is 1. The van der Waals surface area contributed by atoms with Crippen LogP contribution in [0.4, 0.5) is 0 Å². The number of thioether (sulfide) groups is 1. The lowest BCUT2D eigenvalue weighted by atomic mass is 9.78. The number of aromatic nitrogens is 1. The normalized spacial score (nSPS) is 20.4. The van der Waals surface area contributed by atoms with Gasteiger partial charge in [-0.05, 0) is 42.0 Å². The van der Waals surface area contributed by atoms with Crippen LogP contribution in [-0.2, 0) is 4.79 Å². The number of H-pyrrole nitrogens is 1. The number of carbonyl (C=O) groups is 2. The molecule has 30 heavy (non-hydrogen) atoms. The molecule has 6 nitrogen and oxygen atoms in total. The summed E-state index contributed by atoms with van der Waals surface area (Å²) >= 11 is 7.96. The molecule has 0 spiro atoms. The van der Waals surface area contributed by atoms with Crippen molar-refractivity contribution in [2.75, 3.05) is 7.11 Å². The van der Waals surface area contributed by atoms with Gasteiger partial charge in [0.1, 0.15) is 11.0 Å². The number of carboxylic acids is 1. The van der Waals surface area contributed by atoms with Crippen LogP contribution in [-0.4, -0.2) is 34.2 Å². The number of carbonyl (C=O) groups excluding carboxylic acids is 1. The molecule has 0 unspecified atom stereocenters. The Bertz CT molecular complexity index is 1150. The molecule has 3 aromatic rings. The van der Waals surface area contributed by atoms with E-state index in [-0.39, 0.29) is 10.7 Å². The summed E-state index contributed by atoms with van der Waals surface area (Å²) in [4.78, 5) is 40.8. The van der Waals surface area contributed by atoms with E-state index < -0.39 is 23.1 Å². The molecule has 2 aromatic carbocycles. The summed E-state index contributed by atoms with van der Waals surface area (Å²) in [5, 5.41) is 9.85. The van der Waals surface area contributed by atoms with Crippen LogP contribution in [0.15, 0.2) is 58.4 Å². The molecule has 9 heteroatoms. The van der Waals surface area contributed by atoms with Crippen LogP contribution in [0.2, 0.25) is 5.02 Å². The molecule has 2 N–H and O–H groups in total. The third kappa shape index (κ3) is 3.78. The number of Topliss-reactive ketones (excluding diaryl/α,β-unsaturated/α-hetero) is 1. The van der Waals surface area contributed by atoms with Gasteiger partial charge in [0.2, 0.25) is 0 Å². The number of rotatable bonds is 5. The Morgan fingerprint density at radius 3 is 2.37 bits per heavy atom. The van der Waals surface area contributed by atoms with E-state index in [4.69, 9.17) is 16.3 Å². The van der Waals surface area contributed by atoms with Crippen molar-refractivity contribution in [3.8, 4) is 5.75 Å². The molecule has 4 rings (SSSR count). The highest BCUT2D eigenvalue weighted by molar-refractivity contribution is 8.00. The summed E-state index contributed by atoms with van der Waals surface area (Å²) in [5.41, 5.74) is 1.12. The van der Waals surface area contributed by atoms with Crippen molar-refractivity contribution in [2.45, 2.75) is 16.2 Å². The molecule has 0 fully saturated rings. The third-order valence-corrected chi connectivity index (χ3v) is 7.66. The monoisotopic (exact) mass is 461 g/mol. The number of nitrogens with one attached hydrogen (secondary N) is 1. The maximum atomic E-state index is 13.5. The predicted molar refractivity (Wildman–Crippen MR) is 116 cm³/mol. The molecule has 2 heterocycles. The minimum Gasteiger partial charge on any atom is -0.497 e. The second-order valence-corrected chi connectivity index (χ2v) is 9.34. The van der Waals surface area contributed by atoms with Crippen molar-refractivity contribution < 1.29 is 19.4 Å². The van der Waals surface area contributed by atoms with Gasteiger partial charge in [-0.15, -0.1) is 0 Å². The van der Waals surface area contributed by atoms with Gasteiger partial charge < -0.3 is 14.8 Å². The van der Waals surface area contributed by atoms with E-state index in [2.05, 4.69) is 4.98 Å². The second kappa shape index (κ2) is 8.29. The zero-order valence-electron chi connectivity index (χ0n) is 15.6. The number of thiazole rings is 1. The van der Waals surface area contributed by atoms with Crippen molar-refractivity contribution in [3.63, 3.8) is 0 Å². The fraction of sp³-hybridized carbons (Fsp3) is 0.190. The molecule has 0 bridgehead atoms. The SMILES string of the molecule is COc1ccc([C@@H]2c3sc(=O)[nH]c3S[C@@H](C(=O)O)[C@@H]2C(=O)c2ccc(Cl)cc2)cc1. The van der Waals surface area contributed by atoms with E-state index >= 15 is 0 Å². The van der Waals surface area contributed by atoms with Crippen molar-refractivity contribution in [2.24, 2.45) is 5.92 Å². The summed E-state index contributed by atoms with van der Waals surface area (Å²) in [5.74, 6) is -2.26. The highest BCUT2D eigenvalue weighted by Crippen LogP contribution is 2.50. The van der Waals surface area contributed by atoms with E-state index in [0.29, 0.717) is 26.2 Å². The Labute approximate surface area is 184 Å². The van der Waals surface area contributed by atoms with Crippen LogP contribution in [0.3, 0.4) is 0 Å². The van der Waals surface area contributed by atoms with E-state index in [1.54, 1.807) is 55.6 Å². The van der Waals surface area contributed by atoms with Gasteiger partial charge in [-0.2, -0.15) is 0 Å². The van der Waals surface area contributed by atoms with Gasteiger partial charge in [-0.25, -0.2) is 0 Å². The fourth-order valence-corrected chi connectivity index (χ4v) is 6.17. The Kier molecular flexibility index (Phi) is 5.73. The zero-order valence-corrected chi connectivity index (χ0v) is 18.0. The first-order valence-corrected chi connectivity index (χ1v) is 11.0. The van der Waals surface area contributed by atoms with Gasteiger partial charge in [-0.1, -0.05) is 46.8 Å². The number of ketones is 1. The van der Waals surface area contributed by atoms with Crippen LogP contribution in [0, 0.1) is 5.92 Å². The van der Waals surface area contributed by atoms with Crippen LogP contribution in [0.5, 0.6) is 5.75 Å². The Balaban J connectivity index is 1.89. The molecular weight excluding hydrogens is 446 g/mol. The van der Waals surface area contributed by atoms with Gasteiger partial charge in [0.15, 0.2) is 5.78 Å². The van der Waals surface area contributed by atoms with Crippen LogP contribution in [0.25, 0.3) is 0 Å². The molecule has 0 saturated carbocycles. The average Bonchev–Trinajstić information content (AvgIpc) is 3.12. The van der Waals surface area contributed by atoms with Crippen molar-refractivity contribution in [1.82, 2.24) is 4.98 Å². The molecule has 1 aliphatic rings. The molecule has 3 atom stereocenters. The first-order valence-electron chi connectivity index (χ1n) is 8.95. The van der Waals surface area contributed by atoms with E-state index in [1.807, 2.05) is 0 Å². The van der Waals surface area contributed by atoms with Gasteiger partial charge in [0.05, 0.1) is 18.1 Å². The first-order chi connectivity index (χ1) is 14.4. The standard InChI is InChI=1S/C21H16ClNO5S2/c1-28-13-8-4-10(5-9-13)14-15(16(24)11-2-6-12(22)7-3-11)18(20(25)26)29-19-17(14)30-21(27)23-19/h2-9,14-15,18H,1H3,(H,23,27)(H,25,26)/t14-,15-,18+/m0/s1. The number of hydrogen-bond donors (Lipinski definition) is 2. The average molecular weight is 462 g/mol. The minimum absolute atomic E-state index is 0.283. The maximum Gasteiger partial charge on any atom is 0.317 e. The number of halogens is 1. The quantitative estimate of drug-likeness (QED) is 0.550.